The van der Waals surface area contributed by atoms with E-state index in [4.69, 9.17) is 16.6 Å². The molecule has 0 aliphatic carbocycles. The minimum Gasteiger partial charge on any atom is -0.412 e. The molecule has 0 saturated carbocycles. The molecule has 5 nitrogen and oxygen atoms in total. The van der Waals surface area contributed by atoms with Crippen LogP contribution in [0.2, 0.25) is 5.02 Å². The van der Waals surface area contributed by atoms with E-state index in [-0.39, 0.29) is 5.48 Å². The summed E-state index contributed by atoms with van der Waals surface area (Å²) in [6, 6.07) is 16.0. The van der Waals surface area contributed by atoms with Gasteiger partial charge in [0.1, 0.15) is 12.4 Å². The summed E-state index contributed by atoms with van der Waals surface area (Å²) in [5.41, 5.74) is 4.02. The number of hydrogen-bond donors (Lipinski definition) is 0. The topological polar surface area (TPSA) is 74.6 Å². The maximum atomic E-state index is 6.23. The Balaban J connectivity index is 0.00000156. The van der Waals surface area contributed by atoms with Gasteiger partial charge in [-0.15, -0.1) is 10.2 Å². The Bertz CT molecular complexity index is 887. The van der Waals surface area contributed by atoms with Crippen molar-refractivity contribution in [3.05, 3.63) is 76.3 Å². The molecule has 0 unspecified atom stereocenters. The zero-order chi connectivity index (χ0) is 15.1. The van der Waals surface area contributed by atoms with Gasteiger partial charge in [-0.05, 0) is 25.1 Å². The maximum absolute atomic E-state index is 6.23. The number of aromatic nitrogens is 3. The predicted octanol–water partition coefficient (Wildman–Crippen LogP) is 2.76. The van der Waals surface area contributed by atoms with Gasteiger partial charge in [0.05, 0.1) is 11.4 Å². The number of aliphatic imine (C=N–C) groups is 1. The van der Waals surface area contributed by atoms with E-state index in [9.17, 15) is 0 Å². The van der Waals surface area contributed by atoms with Crippen LogP contribution in [0.3, 0.4) is 0 Å². The second kappa shape index (κ2) is 5.95. The Morgan fingerprint density at radius 1 is 1.04 bits per heavy atom. The van der Waals surface area contributed by atoms with Gasteiger partial charge >= 0.3 is 0 Å². The molecule has 6 heteroatoms. The van der Waals surface area contributed by atoms with Crippen LogP contribution in [0.5, 0.6) is 0 Å². The molecule has 0 fully saturated rings. The van der Waals surface area contributed by atoms with Gasteiger partial charge in [0.25, 0.3) is 0 Å². The standard InChI is InChI=1S/C17H13ClN4.H2O/c1-11-20-21-16-10-19-17(12-5-3-2-4-6-12)14-9-13(18)7-8-15(14)22(11)16;/h2-9H,10H2,1H3;1H2. The predicted molar refractivity (Wildman–Crippen MR) is 90.5 cm³/mol. The van der Waals surface area contributed by atoms with Crippen LogP contribution in [-0.2, 0) is 6.54 Å². The third-order valence-corrected chi connectivity index (χ3v) is 4.01. The molecule has 116 valence electrons. The summed E-state index contributed by atoms with van der Waals surface area (Å²) in [6.07, 6.45) is 0. The highest BCUT2D eigenvalue weighted by Crippen LogP contribution is 2.27. The minimum atomic E-state index is 0. The highest BCUT2D eigenvalue weighted by atomic mass is 35.5. The van der Waals surface area contributed by atoms with Gasteiger partial charge in [-0.25, -0.2) is 0 Å². The number of fused-ring (bicyclic) bond motifs is 3. The van der Waals surface area contributed by atoms with Crippen LogP contribution in [0.1, 0.15) is 22.8 Å². The van der Waals surface area contributed by atoms with Crippen LogP contribution in [-0.4, -0.2) is 26.0 Å². The summed E-state index contributed by atoms with van der Waals surface area (Å²) in [4.78, 5) is 4.77. The zero-order valence-corrected chi connectivity index (χ0v) is 13.2. The second-order valence-corrected chi connectivity index (χ2v) is 5.63. The highest BCUT2D eigenvalue weighted by molar-refractivity contribution is 6.31. The lowest BCUT2D eigenvalue weighted by atomic mass is 10.0. The molecular formula is C17H15ClN4O. The lowest BCUT2D eigenvalue weighted by Crippen LogP contribution is -2.08. The minimum absolute atomic E-state index is 0. The lowest BCUT2D eigenvalue weighted by molar-refractivity contribution is 0.824. The molecular weight excluding hydrogens is 312 g/mol. The van der Waals surface area contributed by atoms with E-state index >= 15 is 0 Å². The van der Waals surface area contributed by atoms with E-state index in [0.29, 0.717) is 11.6 Å². The number of halogens is 1. The van der Waals surface area contributed by atoms with Crippen molar-refractivity contribution >= 4 is 17.3 Å². The van der Waals surface area contributed by atoms with Crippen molar-refractivity contribution in [1.82, 2.24) is 14.8 Å². The number of hydrogen-bond acceptors (Lipinski definition) is 3. The first-order valence-electron chi connectivity index (χ1n) is 7.05. The van der Waals surface area contributed by atoms with E-state index in [2.05, 4.69) is 22.3 Å². The van der Waals surface area contributed by atoms with Crippen molar-refractivity contribution in [2.75, 3.05) is 0 Å². The first kappa shape index (κ1) is 15.4. The number of nitrogens with zero attached hydrogens (tertiary/aromatic N) is 4. The van der Waals surface area contributed by atoms with Gasteiger partial charge in [-0.3, -0.25) is 9.56 Å². The average Bonchev–Trinajstić information content (AvgIpc) is 2.82. The van der Waals surface area contributed by atoms with Gasteiger partial charge in [-0.2, -0.15) is 0 Å². The van der Waals surface area contributed by atoms with Crippen molar-refractivity contribution in [2.45, 2.75) is 13.5 Å². The molecule has 0 saturated heterocycles. The van der Waals surface area contributed by atoms with Crippen LogP contribution < -0.4 is 0 Å². The summed E-state index contributed by atoms with van der Waals surface area (Å²) in [5, 5.41) is 9.10. The Morgan fingerprint density at radius 2 is 1.83 bits per heavy atom. The van der Waals surface area contributed by atoms with E-state index in [0.717, 1.165) is 34.2 Å². The summed E-state index contributed by atoms with van der Waals surface area (Å²) in [6.45, 7) is 2.44. The van der Waals surface area contributed by atoms with Crippen molar-refractivity contribution < 1.29 is 5.48 Å². The first-order chi connectivity index (χ1) is 10.7. The van der Waals surface area contributed by atoms with E-state index < -0.39 is 0 Å². The summed E-state index contributed by atoms with van der Waals surface area (Å²) < 4.78 is 2.05. The van der Waals surface area contributed by atoms with Crippen LogP contribution in [0.4, 0.5) is 0 Å². The Labute approximate surface area is 138 Å². The molecule has 4 rings (SSSR count). The third-order valence-electron chi connectivity index (χ3n) is 3.77. The fourth-order valence-corrected chi connectivity index (χ4v) is 2.96. The van der Waals surface area contributed by atoms with Crippen molar-refractivity contribution in [3.8, 4) is 5.69 Å². The molecule has 1 aliphatic heterocycles. The highest BCUT2D eigenvalue weighted by Gasteiger charge is 2.21. The second-order valence-electron chi connectivity index (χ2n) is 5.19. The SMILES string of the molecule is Cc1nnc2n1-c1ccc(Cl)cc1C(c1ccccc1)=NC2.O. The number of rotatable bonds is 1. The molecule has 2 heterocycles. The monoisotopic (exact) mass is 326 g/mol. The molecule has 0 atom stereocenters. The van der Waals surface area contributed by atoms with Gasteiger partial charge < -0.3 is 5.48 Å². The molecule has 0 amide bonds. The molecule has 1 aliphatic rings. The fraction of sp³-hybridized carbons (Fsp3) is 0.118. The first-order valence-corrected chi connectivity index (χ1v) is 7.43. The van der Waals surface area contributed by atoms with Crippen LogP contribution >= 0.6 is 11.6 Å². The fourth-order valence-electron chi connectivity index (χ4n) is 2.79. The summed E-state index contributed by atoms with van der Waals surface area (Å²) in [7, 11) is 0. The van der Waals surface area contributed by atoms with Gasteiger partial charge in [0.15, 0.2) is 5.82 Å². The van der Waals surface area contributed by atoms with E-state index in [1.165, 1.54) is 0 Å². The Hall–Kier alpha value is -2.50. The van der Waals surface area contributed by atoms with E-state index in [1.54, 1.807) is 0 Å². The van der Waals surface area contributed by atoms with Crippen molar-refractivity contribution in [1.29, 1.82) is 0 Å². The largest absolute Gasteiger partial charge is 0.412 e. The Kier molecular flexibility index (Phi) is 3.98. The molecule has 3 aromatic rings. The number of aryl methyl sites for hydroxylation is 1. The zero-order valence-electron chi connectivity index (χ0n) is 12.5. The lowest BCUT2D eigenvalue weighted by Gasteiger charge is -2.12. The molecule has 1 aromatic heterocycles. The van der Waals surface area contributed by atoms with Crippen LogP contribution in [0.25, 0.3) is 5.69 Å². The maximum Gasteiger partial charge on any atom is 0.159 e. The van der Waals surface area contributed by atoms with Crippen molar-refractivity contribution in [3.63, 3.8) is 0 Å². The Morgan fingerprint density at radius 3 is 2.61 bits per heavy atom. The van der Waals surface area contributed by atoms with Gasteiger partial charge in [0, 0.05) is 16.1 Å². The smallest absolute Gasteiger partial charge is 0.159 e. The average molecular weight is 327 g/mol. The van der Waals surface area contributed by atoms with Crippen molar-refractivity contribution in [2.24, 2.45) is 4.99 Å². The molecule has 2 aromatic carbocycles. The number of benzene rings is 2. The third kappa shape index (κ3) is 2.54. The summed E-state index contributed by atoms with van der Waals surface area (Å²) >= 11 is 6.23. The van der Waals surface area contributed by atoms with E-state index in [1.807, 2.05) is 47.9 Å². The van der Waals surface area contributed by atoms with Gasteiger partial charge in [0.2, 0.25) is 0 Å². The van der Waals surface area contributed by atoms with Crippen LogP contribution in [0.15, 0.2) is 53.5 Å². The quantitative estimate of drug-likeness (QED) is 0.689. The van der Waals surface area contributed by atoms with Crippen LogP contribution in [0, 0.1) is 6.92 Å². The normalized spacial score (nSPS) is 12.5. The molecule has 0 radical (unpaired) electrons. The molecule has 23 heavy (non-hydrogen) atoms. The summed E-state index contributed by atoms with van der Waals surface area (Å²) in [5.74, 6) is 1.69. The molecule has 0 bridgehead atoms. The molecule has 0 spiro atoms. The van der Waals surface area contributed by atoms with Gasteiger partial charge in [-0.1, -0.05) is 41.9 Å². The molecule has 2 N–H and O–H groups in total.